The molecule has 0 bridgehead atoms. The molecule has 0 fully saturated rings. The minimum Gasteiger partial charge on any atom is -0.298 e. The van der Waals surface area contributed by atoms with E-state index in [1.54, 1.807) is 24.8 Å². The van der Waals surface area contributed by atoms with E-state index < -0.39 is 4.92 Å². The van der Waals surface area contributed by atoms with Gasteiger partial charge in [0.2, 0.25) is 0 Å². The van der Waals surface area contributed by atoms with Gasteiger partial charge in [-0.15, -0.1) is 0 Å². The summed E-state index contributed by atoms with van der Waals surface area (Å²) >= 11 is 0. The molecule has 5 rings (SSSR count). The number of aromatic nitrogens is 4. The van der Waals surface area contributed by atoms with E-state index in [4.69, 9.17) is 0 Å². The lowest BCUT2D eigenvalue weighted by molar-refractivity contribution is -0.384. The van der Waals surface area contributed by atoms with Crippen molar-refractivity contribution < 1.29 is 4.92 Å². The molecule has 26 heavy (non-hydrogen) atoms. The van der Waals surface area contributed by atoms with Crippen LogP contribution >= 0.6 is 0 Å². The SMILES string of the molecule is O=[N+]([O-])c1cccc(-n2cnc3c4cccnc4c4ncccc4c32)c1. The van der Waals surface area contributed by atoms with Crippen LogP contribution in [0.3, 0.4) is 0 Å². The van der Waals surface area contributed by atoms with Crippen molar-refractivity contribution in [3.05, 3.63) is 77.4 Å². The van der Waals surface area contributed by atoms with Crippen molar-refractivity contribution >= 4 is 38.5 Å². The van der Waals surface area contributed by atoms with Crippen LogP contribution in [0, 0.1) is 10.1 Å². The summed E-state index contributed by atoms with van der Waals surface area (Å²) < 4.78 is 1.86. The molecule has 0 spiro atoms. The number of non-ortho nitro benzene ring substituents is 1. The summed E-state index contributed by atoms with van der Waals surface area (Å²) in [5.74, 6) is 0. The summed E-state index contributed by atoms with van der Waals surface area (Å²) in [4.78, 5) is 24.3. The number of hydrogen-bond donors (Lipinski definition) is 0. The highest BCUT2D eigenvalue weighted by Crippen LogP contribution is 2.33. The standard InChI is InChI=1S/C19H11N5O2/c25-24(26)13-5-1-4-12(10-13)23-11-22-18-14-6-2-8-20-16(14)17-15(19(18)23)7-3-9-21-17/h1-11H. The van der Waals surface area contributed by atoms with Crippen molar-refractivity contribution in [2.45, 2.75) is 0 Å². The molecule has 0 aliphatic rings. The van der Waals surface area contributed by atoms with Crippen molar-refractivity contribution in [2.75, 3.05) is 0 Å². The number of nitro benzene ring substituents is 1. The third-order valence-electron chi connectivity index (χ3n) is 4.44. The monoisotopic (exact) mass is 341 g/mol. The Morgan fingerprint density at radius 3 is 2.35 bits per heavy atom. The molecule has 0 aliphatic carbocycles. The third-order valence-corrected chi connectivity index (χ3v) is 4.44. The number of rotatable bonds is 2. The number of hydrogen-bond acceptors (Lipinski definition) is 5. The van der Waals surface area contributed by atoms with E-state index in [-0.39, 0.29) is 5.69 Å². The Bertz CT molecular complexity index is 1330. The molecule has 2 aromatic carbocycles. The van der Waals surface area contributed by atoms with Crippen molar-refractivity contribution in [1.82, 2.24) is 19.5 Å². The second kappa shape index (κ2) is 5.32. The summed E-state index contributed by atoms with van der Waals surface area (Å²) in [7, 11) is 0. The van der Waals surface area contributed by atoms with E-state index in [2.05, 4.69) is 15.0 Å². The predicted molar refractivity (Wildman–Crippen MR) is 98.3 cm³/mol. The highest BCUT2D eigenvalue weighted by Gasteiger charge is 2.16. The van der Waals surface area contributed by atoms with Gasteiger partial charge in [-0.25, -0.2) is 4.98 Å². The van der Waals surface area contributed by atoms with E-state index in [1.807, 2.05) is 34.9 Å². The van der Waals surface area contributed by atoms with E-state index in [1.165, 1.54) is 12.1 Å². The smallest absolute Gasteiger partial charge is 0.271 e. The number of imidazole rings is 1. The van der Waals surface area contributed by atoms with Gasteiger partial charge in [0, 0.05) is 35.3 Å². The van der Waals surface area contributed by atoms with E-state index in [0.717, 1.165) is 32.8 Å². The molecule has 7 nitrogen and oxygen atoms in total. The zero-order valence-corrected chi connectivity index (χ0v) is 13.4. The van der Waals surface area contributed by atoms with E-state index in [9.17, 15) is 10.1 Å². The van der Waals surface area contributed by atoms with Crippen LogP contribution in [0.2, 0.25) is 0 Å². The van der Waals surface area contributed by atoms with Crippen molar-refractivity contribution in [3.63, 3.8) is 0 Å². The summed E-state index contributed by atoms with van der Waals surface area (Å²) in [5.41, 5.74) is 3.93. The third kappa shape index (κ3) is 1.97. The molecule has 3 aromatic heterocycles. The van der Waals surface area contributed by atoms with E-state index >= 15 is 0 Å². The molecule has 124 valence electrons. The first-order valence-corrected chi connectivity index (χ1v) is 7.97. The normalized spacial score (nSPS) is 11.4. The van der Waals surface area contributed by atoms with Crippen LogP contribution in [0.25, 0.3) is 38.5 Å². The van der Waals surface area contributed by atoms with Gasteiger partial charge in [0.25, 0.3) is 5.69 Å². The van der Waals surface area contributed by atoms with Gasteiger partial charge in [0.05, 0.1) is 32.7 Å². The molecule has 0 radical (unpaired) electrons. The first-order chi connectivity index (χ1) is 12.7. The quantitative estimate of drug-likeness (QED) is 0.275. The minimum absolute atomic E-state index is 0.0363. The van der Waals surface area contributed by atoms with Crippen LogP contribution in [0.15, 0.2) is 67.3 Å². The van der Waals surface area contributed by atoms with Crippen LogP contribution in [0.5, 0.6) is 0 Å². The first kappa shape index (κ1) is 14.5. The molecule has 0 N–H and O–H groups in total. The fraction of sp³-hybridized carbons (Fsp3) is 0. The molecule has 7 heteroatoms. The van der Waals surface area contributed by atoms with Gasteiger partial charge >= 0.3 is 0 Å². The zero-order chi connectivity index (χ0) is 17.7. The van der Waals surface area contributed by atoms with Crippen LogP contribution in [-0.4, -0.2) is 24.4 Å². The van der Waals surface area contributed by atoms with E-state index in [0.29, 0.717) is 5.69 Å². The summed E-state index contributed by atoms with van der Waals surface area (Å²) in [6.07, 6.45) is 5.15. The molecule has 0 aliphatic heterocycles. The summed E-state index contributed by atoms with van der Waals surface area (Å²) in [6, 6.07) is 14.2. The number of benzene rings is 2. The van der Waals surface area contributed by atoms with Gasteiger partial charge in [-0.1, -0.05) is 6.07 Å². The van der Waals surface area contributed by atoms with Crippen molar-refractivity contribution in [1.29, 1.82) is 0 Å². The Morgan fingerprint density at radius 2 is 1.58 bits per heavy atom. The largest absolute Gasteiger partial charge is 0.298 e. The molecule has 5 aromatic rings. The fourth-order valence-corrected chi connectivity index (χ4v) is 3.33. The maximum atomic E-state index is 11.1. The highest BCUT2D eigenvalue weighted by molar-refractivity contribution is 6.20. The van der Waals surface area contributed by atoms with Crippen LogP contribution < -0.4 is 0 Å². The van der Waals surface area contributed by atoms with Gasteiger partial charge in [-0.3, -0.25) is 24.6 Å². The lowest BCUT2D eigenvalue weighted by Crippen LogP contribution is -1.96. The second-order valence-corrected chi connectivity index (χ2v) is 5.89. The average molecular weight is 341 g/mol. The maximum Gasteiger partial charge on any atom is 0.271 e. The summed E-state index contributed by atoms with van der Waals surface area (Å²) in [6.45, 7) is 0. The lowest BCUT2D eigenvalue weighted by atomic mass is 10.1. The molecule has 0 unspecified atom stereocenters. The van der Waals surface area contributed by atoms with Crippen molar-refractivity contribution in [3.8, 4) is 5.69 Å². The Kier molecular flexibility index (Phi) is 2.96. The first-order valence-electron chi connectivity index (χ1n) is 7.97. The van der Waals surface area contributed by atoms with Gasteiger partial charge < -0.3 is 0 Å². The lowest BCUT2D eigenvalue weighted by Gasteiger charge is -2.08. The summed E-state index contributed by atoms with van der Waals surface area (Å²) in [5, 5.41) is 12.9. The predicted octanol–water partition coefficient (Wildman–Crippen LogP) is 4.03. The van der Waals surface area contributed by atoms with Crippen LogP contribution in [-0.2, 0) is 0 Å². The van der Waals surface area contributed by atoms with Gasteiger partial charge in [-0.05, 0) is 30.3 Å². The number of nitro groups is 1. The Labute approximate surface area is 146 Å². The number of fused-ring (bicyclic) bond motifs is 6. The molecular weight excluding hydrogens is 330 g/mol. The topological polar surface area (TPSA) is 86.7 Å². The highest BCUT2D eigenvalue weighted by atomic mass is 16.6. The van der Waals surface area contributed by atoms with Gasteiger partial charge in [0.1, 0.15) is 6.33 Å². The van der Waals surface area contributed by atoms with Gasteiger partial charge in [-0.2, -0.15) is 0 Å². The zero-order valence-electron chi connectivity index (χ0n) is 13.4. The molecule has 0 amide bonds. The number of nitrogens with zero attached hydrogens (tertiary/aromatic N) is 5. The average Bonchev–Trinajstić information content (AvgIpc) is 3.14. The molecule has 0 saturated carbocycles. The molecule has 0 saturated heterocycles. The molecular formula is C19H11N5O2. The Balaban J connectivity index is 1.95. The van der Waals surface area contributed by atoms with Gasteiger partial charge in [0.15, 0.2) is 0 Å². The van der Waals surface area contributed by atoms with Crippen molar-refractivity contribution in [2.24, 2.45) is 0 Å². The Morgan fingerprint density at radius 1 is 0.846 bits per heavy atom. The minimum atomic E-state index is -0.401. The maximum absolute atomic E-state index is 11.1. The van der Waals surface area contributed by atoms with Crippen LogP contribution in [0.1, 0.15) is 0 Å². The van der Waals surface area contributed by atoms with Crippen LogP contribution in [0.4, 0.5) is 5.69 Å². The second-order valence-electron chi connectivity index (χ2n) is 5.89. The molecule has 0 atom stereocenters. The fourth-order valence-electron chi connectivity index (χ4n) is 3.33. The number of pyridine rings is 2. The Hall–Kier alpha value is -3.87. The molecule has 3 heterocycles.